The molecule has 0 saturated carbocycles. The van der Waals surface area contributed by atoms with Crippen molar-refractivity contribution in [3.8, 4) is 5.75 Å². The first-order valence-electron chi connectivity index (χ1n) is 12.7. The summed E-state index contributed by atoms with van der Waals surface area (Å²) in [6, 6.07) is 19.0. The molecule has 0 N–H and O–H groups in total. The smallest absolute Gasteiger partial charge is 0.338 e. The zero-order valence-corrected chi connectivity index (χ0v) is 25.1. The van der Waals surface area contributed by atoms with E-state index in [1.54, 1.807) is 30.5 Å². The average Bonchev–Trinajstić information content (AvgIpc) is 3.23. The van der Waals surface area contributed by atoms with E-state index in [-0.39, 0.29) is 18.0 Å². The molecule has 0 amide bonds. The fourth-order valence-corrected chi connectivity index (χ4v) is 6.21. The molecule has 1 aromatic heterocycles. The molecule has 0 saturated heterocycles. The Morgan fingerprint density at radius 1 is 1.10 bits per heavy atom. The number of fused-ring (bicyclic) bond motifs is 1. The standard InChI is InChI=1S/C31H26FIN2O4S/c1-4-38-30(37)27-19(3)34-31-35(28(27)22-10-5-18(2)6-11-22)29(36)26(40-31)16-21-9-14-25(24(33)15-21)39-17-20-7-12-23(32)13-8-20/h5-16,28H,4,17H2,1-3H3/b26-16+/t28-/m1/s1. The Morgan fingerprint density at radius 3 is 2.50 bits per heavy atom. The summed E-state index contributed by atoms with van der Waals surface area (Å²) in [6.07, 6.45) is 1.82. The Balaban J connectivity index is 1.51. The second kappa shape index (κ2) is 11.9. The lowest BCUT2D eigenvalue weighted by Crippen LogP contribution is -2.39. The van der Waals surface area contributed by atoms with Crippen LogP contribution in [0.4, 0.5) is 4.39 Å². The molecule has 0 spiro atoms. The first-order chi connectivity index (χ1) is 19.2. The Labute approximate surface area is 248 Å². The quantitative estimate of drug-likeness (QED) is 0.195. The zero-order chi connectivity index (χ0) is 28.4. The van der Waals surface area contributed by atoms with Gasteiger partial charge in [-0.25, -0.2) is 14.2 Å². The van der Waals surface area contributed by atoms with Crippen LogP contribution in [0.3, 0.4) is 0 Å². The molecule has 204 valence electrons. The van der Waals surface area contributed by atoms with Crippen LogP contribution in [0.15, 0.2) is 87.8 Å². The second-order valence-electron chi connectivity index (χ2n) is 9.32. The van der Waals surface area contributed by atoms with E-state index in [1.165, 1.54) is 23.5 Å². The van der Waals surface area contributed by atoms with Gasteiger partial charge in [-0.1, -0.05) is 59.4 Å². The molecule has 3 aromatic carbocycles. The number of rotatable bonds is 7. The Kier molecular flexibility index (Phi) is 8.32. The molecule has 0 radical (unpaired) electrons. The molecule has 9 heteroatoms. The molecular formula is C31H26FIN2O4S. The molecule has 0 unspecified atom stereocenters. The number of carbonyl (C=O) groups is 1. The molecule has 0 bridgehead atoms. The van der Waals surface area contributed by atoms with Crippen molar-refractivity contribution in [2.24, 2.45) is 4.99 Å². The minimum absolute atomic E-state index is 0.225. The van der Waals surface area contributed by atoms with E-state index in [0.29, 0.717) is 33.0 Å². The van der Waals surface area contributed by atoms with E-state index in [1.807, 2.05) is 55.5 Å². The number of hydrogen-bond donors (Lipinski definition) is 0. The number of aromatic nitrogens is 1. The maximum atomic E-state index is 13.8. The summed E-state index contributed by atoms with van der Waals surface area (Å²) >= 11 is 3.48. The number of thiazole rings is 1. The van der Waals surface area contributed by atoms with Crippen molar-refractivity contribution < 1.29 is 18.7 Å². The largest absolute Gasteiger partial charge is 0.488 e. The van der Waals surface area contributed by atoms with Crippen LogP contribution >= 0.6 is 33.9 Å². The summed E-state index contributed by atoms with van der Waals surface area (Å²) in [5, 5.41) is 0. The number of ether oxygens (including phenoxy) is 2. The summed E-state index contributed by atoms with van der Waals surface area (Å²) in [5.74, 6) is -0.0718. The molecule has 6 nitrogen and oxygen atoms in total. The third kappa shape index (κ3) is 5.80. The van der Waals surface area contributed by atoms with Gasteiger partial charge in [-0.2, -0.15) is 0 Å². The molecule has 0 fully saturated rings. The minimum Gasteiger partial charge on any atom is -0.488 e. The van der Waals surface area contributed by atoms with E-state index in [9.17, 15) is 14.0 Å². The molecule has 1 aliphatic heterocycles. The lowest BCUT2D eigenvalue weighted by atomic mass is 9.95. The molecule has 4 aromatic rings. The Morgan fingerprint density at radius 2 is 1.82 bits per heavy atom. The van der Waals surface area contributed by atoms with E-state index >= 15 is 0 Å². The van der Waals surface area contributed by atoms with Gasteiger partial charge in [0.05, 0.1) is 32.0 Å². The molecule has 5 rings (SSSR count). The van der Waals surface area contributed by atoms with Crippen molar-refractivity contribution >= 4 is 46.0 Å². The lowest BCUT2D eigenvalue weighted by molar-refractivity contribution is -0.139. The van der Waals surface area contributed by atoms with Gasteiger partial charge in [-0.15, -0.1) is 0 Å². The van der Waals surface area contributed by atoms with Crippen molar-refractivity contribution in [1.29, 1.82) is 0 Å². The topological polar surface area (TPSA) is 69.9 Å². The fourth-order valence-electron chi connectivity index (χ4n) is 4.47. The predicted molar refractivity (Wildman–Crippen MR) is 161 cm³/mol. The number of carbonyl (C=O) groups excluding carboxylic acids is 1. The number of hydrogen-bond acceptors (Lipinski definition) is 6. The fraction of sp³-hybridized carbons (Fsp3) is 0.194. The van der Waals surface area contributed by atoms with Gasteiger partial charge in [-0.05, 0) is 90.4 Å². The van der Waals surface area contributed by atoms with E-state index < -0.39 is 12.0 Å². The molecule has 1 aliphatic rings. The molecule has 40 heavy (non-hydrogen) atoms. The van der Waals surface area contributed by atoms with Crippen LogP contribution in [0.5, 0.6) is 5.75 Å². The highest BCUT2D eigenvalue weighted by molar-refractivity contribution is 14.1. The van der Waals surface area contributed by atoms with Crippen molar-refractivity contribution in [3.05, 3.63) is 129 Å². The first kappa shape index (κ1) is 28.0. The van der Waals surface area contributed by atoms with Gasteiger partial charge in [0.15, 0.2) is 4.80 Å². The number of halogens is 2. The maximum absolute atomic E-state index is 13.8. The van der Waals surface area contributed by atoms with Gasteiger partial charge in [0.25, 0.3) is 5.56 Å². The third-order valence-corrected chi connectivity index (χ3v) is 8.30. The molecule has 2 heterocycles. The van der Waals surface area contributed by atoms with Crippen molar-refractivity contribution in [1.82, 2.24) is 4.57 Å². The minimum atomic E-state index is -0.638. The number of nitrogens with zero attached hydrogens (tertiary/aromatic N) is 2. The van der Waals surface area contributed by atoms with Crippen molar-refractivity contribution in [2.45, 2.75) is 33.4 Å². The summed E-state index contributed by atoms with van der Waals surface area (Å²) < 4.78 is 27.4. The van der Waals surface area contributed by atoms with Crippen LogP contribution in [0, 0.1) is 16.3 Å². The number of esters is 1. The lowest BCUT2D eigenvalue weighted by Gasteiger charge is -2.24. The van der Waals surface area contributed by atoms with Gasteiger partial charge in [0, 0.05) is 0 Å². The van der Waals surface area contributed by atoms with Gasteiger partial charge in [-0.3, -0.25) is 9.36 Å². The van der Waals surface area contributed by atoms with Crippen LogP contribution in [0.1, 0.15) is 42.1 Å². The number of benzene rings is 3. The van der Waals surface area contributed by atoms with Crippen LogP contribution in [-0.4, -0.2) is 17.1 Å². The second-order valence-corrected chi connectivity index (χ2v) is 11.5. The van der Waals surface area contributed by atoms with Crippen molar-refractivity contribution in [2.75, 3.05) is 6.61 Å². The average molecular weight is 669 g/mol. The van der Waals surface area contributed by atoms with Crippen molar-refractivity contribution in [3.63, 3.8) is 0 Å². The monoisotopic (exact) mass is 668 g/mol. The predicted octanol–water partition coefficient (Wildman–Crippen LogP) is 5.43. The molecule has 1 atom stereocenters. The highest BCUT2D eigenvalue weighted by Gasteiger charge is 2.33. The van der Waals surface area contributed by atoms with Crippen LogP contribution in [0.2, 0.25) is 0 Å². The van der Waals surface area contributed by atoms with E-state index in [0.717, 1.165) is 25.8 Å². The SMILES string of the molecule is CCOC(=O)C1=C(C)N=c2s/c(=C/c3ccc(OCc4ccc(F)cc4)c(I)c3)c(=O)n2[C@@H]1c1ccc(C)cc1. The first-order valence-corrected chi connectivity index (χ1v) is 14.6. The Bertz CT molecular complexity index is 1790. The van der Waals surface area contributed by atoms with Gasteiger partial charge < -0.3 is 9.47 Å². The van der Waals surface area contributed by atoms with Gasteiger partial charge in [0.2, 0.25) is 0 Å². The van der Waals surface area contributed by atoms with E-state index in [2.05, 4.69) is 27.6 Å². The normalized spacial score (nSPS) is 15.0. The molecular weight excluding hydrogens is 642 g/mol. The highest BCUT2D eigenvalue weighted by atomic mass is 127. The highest BCUT2D eigenvalue weighted by Crippen LogP contribution is 2.31. The Hall–Kier alpha value is -3.57. The van der Waals surface area contributed by atoms with Crippen LogP contribution < -0.4 is 19.6 Å². The van der Waals surface area contributed by atoms with Crippen LogP contribution in [-0.2, 0) is 16.1 Å². The van der Waals surface area contributed by atoms with Gasteiger partial charge >= 0.3 is 5.97 Å². The summed E-state index contributed by atoms with van der Waals surface area (Å²) in [5.41, 5.74) is 4.26. The molecule has 0 aliphatic carbocycles. The number of allylic oxidation sites excluding steroid dienone is 1. The summed E-state index contributed by atoms with van der Waals surface area (Å²) in [6.45, 7) is 6.06. The maximum Gasteiger partial charge on any atom is 0.338 e. The summed E-state index contributed by atoms with van der Waals surface area (Å²) in [4.78, 5) is 32.0. The third-order valence-electron chi connectivity index (χ3n) is 6.47. The van der Waals surface area contributed by atoms with Gasteiger partial charge in [0.1, 0.15) is 18.2 Å². The van der Waals surface area contributed by atoms with E-state index in [4.69, 9.17) is 9.47 Å². The number of aryl methyl sites for hydroxylation is 1. The summed E-state index contributed by atoms with van der Waals surface area (Å²) in [7, 11) is 0. The van der Waals surface area contributed by atoms with Crippen LogP contribution in [0.25, 0.3) is 6.08 Å². The zero-order valence-electron chi connectivity index (χ0n) is 22.1.